The average Bonchev–Trinajstić information content (AvgIpc) is 3.33. The quantitative estimate of drug-likeness (QED) is 0.137. The maximum Gasteiger partial charge on any atom is 0.338 e. The highest BCUT2D eigenvalue weighted by atomic mass is 127. The molecule has 1 aromatic heterocycles. The number of allylic oxidation sites excluding steroid dienone is 1. The normalized spacial score (nSPS) is 14.4. The second-order valence-electron chi connectivity index (χ2n) is 10.8. The van der Waals surface area contributed by atoms with E-state index < -0.39 is 12.0 Å². The van der Waals surface area contributed by atoms with Gasteiger partial charge in [0.25, 0.3) is 5.56 Å². The minimum atomic E-state index is -0.785. The summed E-state index contributed by atoms with van der Waals surface area (Å²) in [4.78, 5) is 32.6. The Hall–Kier alpha value is -3.68. The minimum Gasteiger partial charge on any atom is -0.493 e. The van der Waals surface area contributed by atoms with Gasteiger partial charge in [-0.2, -0.15) is 5.26 Å². The number of carbonyl (C=O) groups excluding carboxylic acids is 1. The molecule has 0 aliphatic carbocycles. The van der Waals surface area contributed by atoms with E-state index in [0.29, 0.717) is 49.8 Å². The smallest absolute Gasteiger partial charge is 0.338 e. The molecule has 242 valence electrons. The summed E-state index contributed by atoms with van der Waals surface area (Å²) in [5, 5.41) is 9.05. The minimum absolute atomic E-state index is 0.0704. The van der Waals surface area contributed by atoms with Crippen molar-refractivity contribution in [1.29, 1.82) is 5.26 Å². The summed E-state index contributed by atoms with van der Waals surface area (Å²) in [5.74, 6) is 1.25. The van der Waals surface area contributed by atoms with Gasteiger partial charge in [-0.05, 0) is 132 Å². The molecule has 0 bridgehead atoms. The van der Waals surface area contributed by atoms with Crippen LogP contribution in [0.25, 0.3) is 6.08 Å². The van der Waals surface area contributed by atoms with E-state index >= 15 is 0 Å². The van der Waals surface area contributed by atoms with Crippen molar-refractivity contribution in [3.05, 3.63) is 115 Å². The van der Waals surface area contributed by atoms with E-state index in [2.05, 4.69) is 56.2 Å². The molecular weight excluding hydrogens is 844 g/mol. The van der Waals surface area contributed by atoms with Crippen molar-refractivity contribution in [1.82, 2.24) is 4.57 Å². The summed E-state index contributed by atoms with van der Waals surface area (Å²) in [5.41, 5.74) is 3.53. The molecule has 0 amide bonds. The molecule has 2 heterocycles. The van der Waals surface area contributed by atoms with Crippen molar-refractivity contribution >= 4 is 68.6 Å². The number of methoxy groups -OCH3 is 1. The molecule has 0 fully saturated rings. The van der Waals surface area contributed by atoms with Crippen molar-refractivity contribution in [3.8, 4) is 23.3 Å². The van der Waals surface area contributed by atoms with Crippen LogP contribution in [0.3, 0.4) is 0 Å². The van der Waals surface area contributed by atoms with Gasteiger partial charge in [-0.3, -0.25) is 9.36 Å². The van der Waals surface area contributed by atoms with E-state index in [0.717, 1.165) is 24.0 Å². The second-order valence-corrected chi connectivity index (χ2v) is 14.1. The number of ether oxygens (including phenoxy) is 4. The van der Waals surface area contributed by atoms with Gasteiger partial charge < -0.3 is 18.9 Å². The number of fused-ring (bicyclic) bond motifs is 1. The molecule has 5 rings (SSSR count). The molecule has 0 saturated carbocycles. The van der Waals surface area contributed by atoms with Crippen LogP contribution >= 0.6 is 56.5 Å². The van der Waals surface area contributed by atoms with Crippen molar-refractivity contribution in [2.24, 2.45) is 4.99 Å². The molecule has 0 spiro atoms. The summed E-state index contributed by atoms with van der Waals surface area (Å²) in [6, 6.07) is 17.9. The number of benzene rings is 3. The number of thiazole rings is 1. The van der Waals surface area contributed by atoms with Crippen LogP contribution in [0.5, 0.6) is 17.2 Å². The monoisotopic (exact) mass is 875 g/mol. The summed E-state index contributed by atoms with van der Waals surface area (Å²) in [6.07, 6.45) is 1.76. The average molecular weight is 876 g/mol. The number of hydrogen-bond donors (Lipinski definition) is 0. The van der Waals surface area contributed by atoms with Crippen molar-refractivity contribution < 1.29 is 23.7 Å². The third-order valence-electron chi connectivity index (χ3n) is 7.17. The maximum absolute atomic E-state index is 14.1. The van der Waals surface area contributed by atoms with E-state index in [9.17, 15) is 9.59 Å². The Morgan fingerprint density at radius 2 is 1.81 bits per heavy atom. The van der Waals surface area contributed by atoms with E-state index in [1.54, 1.807) is 49.8 Å². The van der Waals surface area contributed by atoms with Crippen LogP contribution in [0.2, 0.25) is 0 Å². The third-order valence-corrected chi connectivity index (χ3v) is 9.75. The zero-order valence-electron chi connectivity index (χ0n) is 26.3. The second kappa shape index (κ2) is 15.0. The van der Waals surface area contributed by atoms with Crippen LogP contribution in [-0.4, -0.2) is 30.4 Å². The van der Waals surface area contributed by atoms with Gasteiger partial charge in [0.2, 0.25) is 0 Å². The number of aromatic nitrogens is 1. The van der Waals surface area contributed by atoms with Crippen molar-refractivity contribution in [2.45, 2.75) is 46.4 Å². The molecule has 0 radical (unpaired) electrons. The lowest BCUT2D eigenvalue weighted by Crippen LogP contribution is -2.40. The largest absolute Gasteiger partial charge is 0.493 e. The van der Waals surface area contributed by atoms with Gasteiger partial charge in [0, 0.05) is 0 Å². The lowest BCUT2D eigenvalue weighted by molar-refractivity contribution is -0.139. The number of esters is 1. The fourth-order valence-corrected chi connectivity index (χ4v) is 8.27. The number of nitrogens with zero attached hydrogens (tertiary/aromatic N) is 3. The van der Waals surface area contributed by atoms with Gasteiger partial charge in [0.05, 0.1) is 60.4 Å². The Morgan fingerprint density at radius 1 is 1.11 bits per heavy atom. The van der Waals surface area contributed by atoms with Gasteiger partial charge >= 0.3 is 5.97 Å². The highest BCUT2D eigenvalue weighted by molar-refractivity contribution is 14.1. The highest BCUT2D eigenvalue weighted by Crippen LogP contribution is 2.37. The first-order valence-corrected chi connectivity index (χ1v) is 17.7. The van der Waals surface area contributed by atoms with Crippen LogP contribution in [0, 0.1) is 18.5 Å². The Labute approximate surface area is 303 Å². The Bertz CT molecular complexity index is 2070. The number of nitriles is 1. The van der Waals surface area contributed by atoms with E-state index in [-0.39, 0.29) is 18.3 Å². The molecule has 47 heavy (non-hydrogen) atoms. The first-order valence-electron chi connectivity index (χ1n) is 14.7. The fraction of sp³-hybridized carbons (Fsp3) is 0.257. The maximum atomic E-state index is 14.1. The summed E-state index contributed by atoms with van der Waals surface area (Å²) in [6.45, 7) is 7.89. The molecule has 1 aliphatic rings. The molecule has 1 aliphatic heterocycles. The Balaban J connectivity index is 1.56. The van der Waals surface area contributed by atoms with Crippen LogP contribution < -0.4 is 29.1 Å². The molecule has 0 saturated heterocycles. The molecule has 3 aromatic carbocycles. The van der Waals surface area contributed by atoms with Gasteiger partial charge in [-0.1, -0.05) is 29.5 Å². The molecule has 4 aromatic rings. The molecule has 0 unspecified atom stereocenters. The van der Waals surface area contributed by atoms with E-state index in [4.69, 9.17) is 24.2 Å². The predicted molar refractivity (Wildman–Crippen MR) is 197 cm³/mol. The van der Waals surface area contributed by atoms with E-state index in [1.165, 1.54) is 11.3 Å². The van der Waals surface area contributed by atoms with Gasteiger partial charge in [0.15, 0.2) is 16.3 Å². The summed E-state index contributed by atoms with van der Waals surface area (Å²) < 4.78 is 26.9. The van der Waals surface area contributed by atoms with Crippen molar-refractivity contribution in [2.75, 3.05) is 13.7 Å². The first kappa shape index (κ1) is 34.6. The Morgan fingerprint density at radius 3 is 2.43 bits per heavy atom. The van der Waals surface area contributed by atoms with Gasteiger partial charge in [0.1, 0.15) is 12.4 Å². The molecule has 9 nitrogen and oxygen atoms in total. The number of carbonyl (C=O) groups is 1. The zero-order valence-corrected chi connectivity index (χ0v) is 31.4. The van der Waals surface area contributed by atoms with Gasteiger partial charge in [-0.15, -0.1) is 0 Å². The Kier molecular flexibility index (Phi) is 11.1. The van der Waals surface area contributed by atoms with Crippen molar-refractivity contribution in [3.63, 3.8) is 0 Å². The molecule has 0 N–H and O–H groups in total. The predicted octanol–water partition coefficient (Wildman–Crippen LogP) is 6.25. The van der Waals surface area contributed by atoms with Gasteiger partial charge in [-0.25, -0.2) is 9.79 Å². The lowest BCUT2D eigenvalue weighted by atomic mass is 9.95. The lowest BCUT2D eigenvalue weighted by Gasteiger charge is -2.25. The topological polar surface area (TPSA) is 112 Å². The zero-order chi connectivity index (χ0) is 33.8. The van der Waals surface area contributed by atoms with E-state index in [1.807, 2.05) is 50.3 Å². The molecular formula is C35H31I2N3O6S. The molecule has 12 heteroatoms. The van der Waals surface area contributed by atoms with Crippen LogP contribution in [0.4, 0.5) is 0 Å². The fourth-order valence-electron chi connectivity index (χ4n) is 5.10. The summed E-state index contributed by atoms with van der Waals surface area (Å²) in [7, 11) is 1.55. The summed E-state index contributed by atoms with van der Waals surface area (Å²) >= 11 is 5.72. The van der Waals surface area contributed by atoms with Crippen LogP contribution in [0.1, 0.15) is 56.0 Å². The molecule has 1 atom stereocenters. The number of hydrogen-bond acceptors (Lipinski definition) is 9. The third kappa shape index (κ3) is 7.57. The number of halogens is 2. The van der Waals surface area contributed by atoms with Crippen LogP contribution in [0.15, 0.2) is 75.7 Å². The number of rotatable bonds is 10. The highest BCUT2D eigenvalue weighted by Gasteiger charge is 2.34. The first-order chi connectivity index (χ1) is 22.5. The van der Waals surface area contributed by atoms with Crippen LogP contribution in [-0.2, 0) is 16.1 Å². The standard InChI is InChI=1S/C35H31I2N3O6S/c1-6-44-34(42)30-20(4)39-35-40(31(30)24-11-12-27(46-19(2)3)28(16-24)43-5)33(41)29(47-35)15-23-13-25(36)32(26(37)14-23)45-18-22-9-7-21(17-38)8-10-22/h7-16,19,31H,6,18H2,1-5H3/b29-15+/t31-/m1/s1. The SMILES string of the molecule is CCOC(=O)C1=C(C)N=c2s/c(=C/c3cc(I)c(OCc4ccc(C#N)cc4)c(I)c3)c(=O)n2[C@@H]1c1ccc(OC(C)C)c(OC)c1.